The third-order valence-electron chi connectivity index (χ3n) is 3.78. The molecular formula is C15H24N4O. The monoisotopic (exact) mass is 276 g/mol. The molecule has 110 valence electrons. The van der Waals surface area contributed by atoms with Crippen LogP contribution in [0.5, 0.6) is 0 Å². The van der Waals surface area contributed by atoms with E-state index >= 15 is 0 Å². The highest BCUT2D eigenvalue weighted by Gasteiger charge is 2.09. The second-order valence-corrected chi connectivity index (χ2v) is 5.35. The molecule has 0 spiro atoms. The molecule has 1 aliphatic rings. The molecule has 0 atom stereocenters. The van der Waals surface area contributed by atoms with E-state index in [2.05, 4.69) is 10.2 Å². The second kappa shape index (κ2) is 7.14. The van der Waals surface area contributed by atoms with Gasteiger partial charge in [0.05, 0.1) is 11.4 Å². The van der Waals surface area contributed by atoms with Crippen molar-refractivity contribution in [1.29, 1.82) is 0 Å². The van der Waals surface area contributed by atoms with E-state index in [9.17, 15) is 4.79 Å². The lowest BCUT2D eigenvalue weighted by Gasteiger charge is -2.20. The minimum Gasteiger partial charge on any atom is -0.397 e. The first-order valence-electron chi connectivity index (χ1n) is 7.32. The van der Waals surface area contributed by atoms with Crippen LogP contribution >= 0.6 is 0 Å². The molecule has 0 unspecified atom stereocenters. The van der Waals surface area contributed by atoms with Crippen LogP contribution in [0.2, 0.25) is 0 Å². The maximum absolute atomic E-state index is 11.2. The maximum atomic E-state index is 11.2. The number of hydrogen-bond donors (Lipinski definition) is 3. The van der Waals surface area contributed by atoms with E-state index in [1.54, 1.807) is 18.2 Å². The molecule has 1 aromatic carbocycles. The van der Waals surface area contributed by atoms with Crippen LogP contribution in [0.4, 0.5) is 11.4 Å². The quantitative estimate of drug-likeness (QED) is 0.714. The smallest absolute Gasteiger partial charge is 0.248 e. The summed E-state index contributed by atoms with van der Waals surface area (Å²) in [7, 11) is 0. The maximum Gasteiger partial charge on any atom is 0.248 e. The van der Waals surface area contributed by atoms with Crippen molar-refractivity contribution in [2.45, 2.75) is 25.7 Å². The Morgan fingerprint density at radius 3 is 2.55 bits per heavy atom. The number of nitrogens with zero attached hydrogens (tertiary/aromatic N) is 1. The summed E-state index contributed by atoms with van der Waals surface area (Å²) in [6, 6.07) is 5.09. The summed E-state index contributed by atoms with van der Waals surface area (Å²) in [5.74, 6) is -0.430. The molecule has 0 aromatic heterocycles. The molecule has 5 N–H and O–H groups in total. The van der Waals surface area contributed by atoms with Crippen LogP contribution in [0.3, 0.4) is 0 Å². The Morgan fingerprint density at radius 1 is 1.20 bits per heavy atom. The van der Waals surface area contributed by atoms with Gasteiger partial charge in [0, 0.05) is 18.7 Å². The summed E-state index contributed by atoms with van der Waals surface area (Å²) < 4.78 is 0. The molecule has 0 saturated carbocycles. The lowest BCUT2D eigenvalue weighted by atomic mass is 10.1. The van der Waals surface area contributed by atoms with E-state index in [1.165, 1.54) is 38.8 Å². The molecule has 2 rings (SSSR count). The molecule has 1 fully saturated rings. The summed E-state index contributed by atoms with van der Waals surface area (Å²) in [6.07, 6.45) is 5.27. The van der Waals surface area contributed by atoms with Crippen LogP contribution in [0.15, 0.2) is 18.2 Å². The molecule has 5 heteroatoms. The first-order valence-corrected chi connectivity index (χ1v) is 7.32. The summed E-state index contributed by atoms with van der Waals surface area (Å²) in [5.41, 5.74) is 13.1. The predicted octanol–water partition coefficient (Wildman–Crippen LogP) is 1.66. The topological polar surface area (TPSA) is 84.4 Å². The molecule has 0 bridgehead atoms. The number of carbonyl (C=O) groups excluding carboxylic acids is 1. The van der Waals surface area contributed by atoms with E-state index in [1.807, 2.05) is 0 Å². The highest BCUT2D eigenvalue weighted by molar-refractivity contribution is 5.94. The predicted molar refractivity (Wildman–Crippen MR) is 82.8 cm³/mol. The Kier molecular flexibility index (Phi) is 5.24. The molecule has 1 saturated heterocycles. The van der Waals surface area contributed by atoms with Gasteiger partial charge in [-0.1, -0.05) is 12.8 Å². The molecule has 1 heterocycles. The standard InChI is InChI=1S/C15H24N4O/c16-13-6-5-12(15(17)20)11-14(13)18-7-10-19-8-3-1-2-4-9-19/h5-6,11,18H,1-4,7-10,16H2,(H2,17,20). The summed E-state index contributed by atoms with van der Waals surface area (Å²) in [4.78, 5) is 13.6. The number of amides is 1. The van der Waals surface area contributed by atoms with Crippen molar-refractivity contribution < 1.29 is 4.79 Å². The number of primary amides is 1. The van der Waals surface area contributed by atoms with E-state index in [4.69, 9.17) is 11.5 Å². The number of likely N-dealkylation sites (tertiary alicyclic amines) is 1. The van der Waals surface area contributed by atoms with E-state index in [0.717, 1.165) is 18.8 Å². The molecule has 0 radical (unpaired) electrons. The largest absolute Gasteiger partial charge is 0.397 e. The normalized spacial score (nSPS) is 16.6. The van der Waals surface area contributed by atoms with Crippen LogP contribution in [-0.2, 0) is 0 Å². The fraction of sp³-hybridized carbons (Fsp3) is 0.533. The fourth-order valence-corrected chi connectivity index (χ4v) is 2.57. The van der Waals surface area contributed by atoms with Crippen molar-refractivity contribution in [2.75, 3.05) is 37.2 Å². The Hall–Kier alpha value is -1.75. The number of nitrogens with two attached hydrogens (primary N) is 2. The van der Waals surface area contributed by atoms with Gasteiger partial charge in [0.15, 0.2) is 0 Å². The van der Waals surface area contributed by atoms with Gasteiger partial charge in [-0.3, -0.25) is 4.79 Å². The zero-order valence-electron chi connectivity index (χ0n) is 11.9. The third kappa shape index (κ3) is 4.13. The first-order chi connectivity index (χ1) is 9.66. The summed E-state index contributed by atoms with van der Waals surface area (Å²) >= 11 is 0. The number of hydrogen-bond acceptors (Lipinski definition) is 4. The Labute approximate surface area is 120 Å². The molecule has 1 aromatic rings. The Balaban J connectivity index is 1.86. The SMILES string of the molecule is NC(=O)c1ccc(N)c(NCCN2CCCCCC2)c1. The minimum atomic E-state index is -0.430. The van der Waals surface area contributed by atoms with Crippen LogP contribution in [0.1, 0.15) is 36.0 Å². The van der Waals surface area contributed by atoms with Gasteiger partial charge in [-0.05, 0) is 44.1 Å². The highest BCUT2D eigenvalue weighted by atomic mass is 16.1. The van der Waals surface area contributed by atoms with Gasteiger partial charge in [-0.2, -0.15) is 0 Å². The Morgan fingerprint density at radius 2 is 1.90 bits per heavy atom. The fourth-order valence-electron chi connectivity index (χ4n) is 2.57. The van der Waals surface area contributed by atoms with Crippen molar-refractivity contribution in [1.82, 2.24) is 4.90 Å². The van der Waals surface area contributed by atoms with Gasteiger partial charge >= 0.3 is 0 Å². The van der Waals surface area contributed by atoms with Crippen LogP contribution < -0.4 is 16.8 Å². The van der Waals surface area contributed by atoms with E-state index in [-0.39, 0.29) is 0 Å². The van der Waals surface area contributed by atoms with Gasteiger partial charge in [-0.25, -0.2) is 0 Å². The van der Waals surface area contributed by atoms with E-state index < -0.39 is 5.91 Å². The van der Waals surface area contributed by atoms with Crippen molar-refractivity contribution in [2.24, 2.45) is 5.73 Å². The van der Waals surface area contributed by atoms with Crippen molar-refractivity contribution in [3.05, 3.63) is 23.8 Å². The molecule has 1 amide bonds. The minimum absolute atomic E-state index is 0.430. The van der Waals surface area contributed by atoms with Crippen LogP contribution in [0, 0.1) is 0 Å². The van der Waals surface area contributed by atoms with Crippen LogP contribution in [-0.4, -0.2) is 37.0 Å². The average molecular weight is 276 g/mol. The lowest BCUT2D eigenvalue weighted by Crippen LogP contribution is -2.30. The number of nitrogens with one attached hydrogen (secondary N) is 1. The Bertz CT molecular complexity index is 453. The molecule has 20 heavy (non-hydrogen) atoms. The van der Waals surface area contributed by atoms with Crippen molar-refractivity contribution in [3.63, 3.8) is 0 Å². The van der Waals surface area contributed by atoms with Gasteiger partial charge in [0.1, 0.15) is 0 Å². The number of benzene rings is 1. The molecule has 5 nitrogen and oxygen atoms in total. The average Bonchev–Trinajstić information content (AvgIpc) is 2.69. The zero-order chi connectivity index (χ0) is 14.4. The zero-order valence-corrected chi connectivity index (χ0v) is 11.9. The number of anilines is 2. The first kappa shape index (κ1) is 14.7. The second-order valence-electron chi connectivity index (χ2n) is 5.35. The van der Waals surface area contributed by atoms with Crippen molar-refractivity contribution >= 4 is 17.3 Å². The molecule has 0 aliphatic carbocycles. The lowest BCUT2D eigenvalue weighted by molar-refractivity contribution is 0.100. The van der Waals surface area contributed by atoms with E-state index in [0.29, 0.717) is 11.3 Å². The van der Waals surface area contributed by atoms with Crippen LogP contribution in [0.25, 0.3) is 0 Å². The van der Waals surface area contributed by atoms with Crippen molar-refractivity contribution in [3.8, 4) is 0 Å². The molecule has 1 aliphatic heterocycles. The third-order valence-corrected chi connectivity index (χ3v) is 3.78. The van der Waals surface area contributed by atoms with Gasteiger partial charge < -0.3 is 21.7 Å². The van der Waals surface area contributed by atoms with Gasteiger partial charge in [0.2, 0.25) is 5.91 Å². The number of nitrogen functional groups attached to an aromatic ring is 1. The number of carbonyl (C=O) groups is 1. The highest BCUT2D eigenvalue weighted by Crippen LogP contribution is 2.19. The summed E-state index contributed by atoms with van der Waals surface area (Å²) in [6.45, 7) is 4.18. The summed E-state index contributed by atoms with van der Waals surface area (Å²) in [5, 5.41) is 3.30. The molecular weight excluding hydrogens is 252 g/mol. The van der Waals surface area contributed by atoms with Gasteiger partial charge in [-0.15, -0.1) is 0 Å². The van der Waals surface area contributed by atoms with Gasteiger partial charge in [0.25, 0.3) is 0 Å². The number of rotatable bonds is 5.